The van der Waals surface area contributed by atoms with Gasteiger partial charge in [0.15, 0.2) is 0 Å². The third-order valence-electron chi connectivity index (χ3n) is 5.83. The average molecular weight is 467 g/mol. The summed E-state index contributed by atoms with van der Waals surface area (Å²) < 4.78 is 19.5. The highest BCUT2D eigenvalue weighted by atomic mass is 19.1. The van der Waals surface area contributed by atoms with Gasteiger partial charge >= 0.3 is 0 Å². The second kappa shape index (κ2) is 10.2. The van der Waals surface area contributed by atoms with Gasteiger partial charge in [-0.1, -0.05) is 60.2 Å². The number of hydrogen-bond donors (Lipinski definition) is 0. The van der Waals surface area contributed by atoms with Gasteiger partial charge in [-0.15, -0.1) is 0 Å². The molecule has 0 atom stereocenters. The van der Waals surface area contributed by atoms with Crippen molar-refractivity contribution in [2.75, 3.05) is 0 Å². The van der Waals surface area contributed by atoms with Crippen LogP contribution in [0.1, 0.15) is 29.2 Å². The molecule has 2 amide bonds. The van der Waals surface area contributed by atoms with Crippen molar-refractivity contribution in [2.45, 2.75) is 27.0 Å². The fourth-order valence-corrected chi connectivity index (χ4v) is 3.75. The van der Waals surface area contributed by atoms with Gasteiger partial charge in [0, 0.05) is 11.1 Å². The molecule has 0 aromatic heterocycles. The first-order chi connectivity index (χ1) is 16.9. The number of carbonyl (C=O) groups excluding carboxylic acids is 2. The molecule has 4 rings (SSSR count). The van der Waals surface area contributed by atoms with Crippen LogP contribution in [0.4, 0.5) is 4.39 Å². The van der Waals surface area contributed by atoms with Crippen molar-refractivity contribution in [1.29, 1.82) is 5.26 Å². The standard InChI is InChI=1S/C29H23FN2O3/c1-19-7-9-22(10-8-19)17-32-28(33)25(20(2)26(16-31)29(32)34)15-21-11-13-24(14-12-21)35-18-23-5-3-4-6-27(23)30/h3-15H,17-18H2,1-2H3/b25-15+. The highest BCUT2D eigenvalue weighted by Crippen LogP contribution is 2.28. The highest BCUT2D eigenvalue weighted by Gasteiger charge is 2.35. The lowest BCUT2D eigenvalue weighted by Crippen LogP contribution is -2.42. The SMILES string of the molecule is CC1=C(C#N)C(=O)N(Cc2ccc(C)cc2)C(=O)/C1=C/c1ccc(OCc2ccccc2F)cc1. The van der Waals surface area contributed by atoms with Gasteiger partial charge in [0.05, 0.1) is 6.54 Å². The molecule has 0 fully saturated rings. The van der Waals surface area contributed by atoms with Crippen LogP contribution in [0.15, 0.2) is 89.5 Å². The fourth-order valence-electron chi connectivity index (χ4n) is 3.75. The molecule has 0 N–H and O–H groups in total. The van der Waals surface area contributed by atoms with Crippen LogP contribution in [-0.2, 0) is 22.7 Å². The normalized spacial score (nSPS) is 14.9. The van der Waals surface area contributed by atoms with Gasteiger partial charge in [-0.2, -0.15) is 5.26 Å². The summed E-state index contributed by atoms with van der Waals surface area (Å²) in [5, 5.41) is 9.59. The second-order valence-electron chi connectivity index (χ2n) is 8.30. The maximum atomic E-state index is 13.8. The Hall–Kier alpha value is -4.50. The van der Waals surface area contributed by atoms with E-state index < -0.39 is 11.8 Å². The van der Waals surface area contributed by atoms with Crippen molar-refractivity contribution in [3.8, 4) is 11.8 Å². The van der Waals surface area contributed by atoms with E-state index in [1.807, 2.05) is 37.3 Å². The lowest BCUT2D eigenvalue weighted by molar-refractivity contribution is -0.141. The van der Waals surface area contributed by atoms with E-state index in [1.54, 1.807) is 55.5 Å². The molecular formula is C29H23FN2O3. The summed E-state index contributed by atoms with van der Waals surface area (Å²) in [6.07, 6.45) is 1.66. The first kappa shape index (κ1) is 23.7. The number of hydrogen-bond acceptors (Lipinski definition) is 4. The molecule has 35 heavy (non-hydrogen) atoms. The van der Waals surface area contributed by atoms with E-state index in [-0.39, 0.29) is 30.1 Å². The summed E-state index contributed by atoms with van der Waals surface area (Å²) >= 11 is 0. The molecule has 174 valence electrons. The molecule has 0 saturated carbocycles. The predicted molar refractivity (Wildman–Crippen MR) is 130 cm³/mol. The molecule has 3 aromatic carbocycles. The maximum absolute atomic E-state index is 13.8. The third kappa shape index (κ3) is 5.20. The van der Waals surface area contributed by atoms with Crippen molar-refractivity contribution in [1.82, 2.24) is 4.90 Å². The Labute approximate surface area is 203 Å². The number of nitrogens with zero attached hydrogens (tertiary/aromatic N) is 2. The van der Waals surface area contributed by atoms with E-state index in [0.29, 0.717) is 22.4 Å². The van der Waals surface area contributed by atoms with Gasteiger partial charge in [0.25, 0.3) is 11.8 Å². The molecule has 5 nitrogen and oxygen atoms in total. The van der Waals surface area contributed by atoms with E-state index >= 15 is 0 Å². The number of rotatable bonds is 6. The van der Waals surface area contributed by atoms with Crippen molar-refractivity contribution in [3.63, 3.8) is 0 Å². The highest BCUT2D eigenvalue weighted by molar-refractivity contribution is 6.19. The van der Waals surface area contributed by atoms with Crippen LogP contribution in [0.3, 0.4) is 0 Å². The van der Waals surface area contributed by atoms with Crippen molar-refractivity contribution < 1.29 is 18.7 Å². The molecule has 0 aliphatic carbocycles. The molecule has 0 saturated heterocycles. The second-order valence-corrected chi connectivity index (χ2v) is 8.30. The van der Waals surface area contributed by atoms with Crippen LogP contribution in [0.5, 0.6) is 5.75 Å². The Morgan fingerprint density at radius 3 is 2.29 bits per heavy atom. The van der Waals surface area contributed by atoms with Gasteiger partial charge in [-0.05, 0) is 54.8 Å². The number of benzene rings is 3. The number of carbonyl (C=O) groups is 2. The first-order valence-electron chi connectivity index (χ1n) is 11.1. The zero-order chi connectivity index (χ0) is 24.9. The summed E-state index contributed by atoms with van der Waals surface area (Å²) in [7, 11) is 0. The molecule has 0 radical (unpaired) electrons. The van der Waals surface area contributed by atoms with E-state index in [2.05, 4.69) is 0 Å². The minimum atomic E-state index is -0.593. The molecule has 0 unspecified atom stereocenters. The molecule has 1 aliphatic heterocycles. The van der Waals surface area contributed by atoms with Gasteiger partial charge < -0.3 is 4.74 Å². The molecule has 1 heterocycles. The monoisotopic (exact) mass is 466 g/mol. The summed E-state index contributed by atoms with van der Waals surface area (Å²) in [5.41, 5.74) is 3.61. The number of ether oxygens (including phenoxy) is 1. The van der Waals surface area contributed by atoms with Crippen LogP contribution in [0.25, 0.3) is 6.08 Å². The Bertz CT molecular complexity index is 1380. The summed E-state index contributed by atoms with van der Waals surface area (Å²) in [6, 6.07) is 22.9. The largest absolute Gasteiger partial charge is 0.489 e. The van der Waals surface area contributed by atoms with Gasteiger partial charge in [0.2, 0.25) is 0 Å². The van der Waals surface area contributed by atoms with Crippen molar-refractivity contribution in [3.05, 3.63) is 118 Å². The zero-order valence-electron chi connectivity index (χ0n) is 19.4. The number of aryl methyl sites for hydroxylation is 1. The minimum Gasteiger partial charge on any atom is -0.489 e. The van der Waals surface area contributed by atoms with Gasteiger partial charge in [-0.3, -0.25) is 14.5 Å². The maximum Gasteiger partial charge on any atom is 0.271 e. The van der Waals surface area contributed by atoms with Crippen LogP contribution in [-0.4, -0.2) is 16.7 Å². The van der Waals surface area contributed by atoms with E-state index in [4.69, 9.17) is 4.74 Å². The quantitative estimate of drug-likeness (QED) is 0.355. The molecule has 3 aromatic rings. The third-order valence-corrected chi connectivity index (χ3v) is 5.83. The first-order valence-corrected chi connectivity index (χ1v) is 11.1. The van der Waals surface area contributed by atoms with Crippen LogP contribution in [0.2, 0.25) is 0 Å². The molecule has 0 spiro atoms. The molecule has 0 bridgehead atoms. The Kier molecular flexibility index (Phi) is 6.88. The van der Waals surface area contributed by atoms with Crippen LogP contribution in [0, 0.1) is 24.1 Å². The summed E-state index contributed by atoms with van der Waals surface area (Å²) in [6.45, 7) is 3.74. The van der Waals surface area contributed by atoms with E-state index in [1.165, 1.54) is 6.07 Å². The van der Waals surface area contributed by atoms with Crippen LogP contribution < -0.4 is 4.74 Å². The lowest BCUT2D eigenvalue weighted by atomic mass is 9.93. The van der Waals surface area contributed by atoms with Crippen molar-refractivity contribution >= 4 is 17.9 Å². The molecular weight excluding hydrogens is 443 g/mol. The topological polar surface area (TPSA) is 70.4 Å². The zero-order valence-corrected chi connectivity index (χ0v) is 19.4. The average Bonchev–Trinajstić information content (AvgIpc) is 2.86. The smallest absolute Gasteiger partial charge is 0.271 e. The summed E-state index contributed by atoms with van der Waals surface area (Å²) in [5.74, 6) is -0.826. The number of nitriles is 1. The Morgan fingerprint density at radius 1 is 0.943 bits per heavy atom. The number of halogens is 1. The van der Waals surface area contributed by atoms with Gasteiger partial charge in [-0.25, -0.2) is 4.39 Å². The van der Waals surface area contributed by atoms with Crippen molar-refractivity contribution in [2.24, 2.45) is 0 Å². The number of amides is 2. The summed E-state index contributed by atoms with van der Waals surface area (Å²) in [4.78, 5) is 27.2. The van der Waals surface area contributed by atoms with E-state index in [9.17, 15) is 19.2 Å². The predicted octanol–water partition coefficient (Wildman–Crippen LogP) is 5.51. The minimum absolute atomic E-state index is 0.0483. The molecule has 1 aliphatic rings. The molecule has 6 heteroatoms. The number of imide groups is 1. The lowest BCUT2D eigenvalue weighted by Gasteiger charge is -2.27. The Balaban J connectivity index is 1.57. The fraction of sp³-hybridized carbons (Fsp3) is 0.138. The van der Waals surface area contributed by atoms with E-state index in [0.717, 1.165) is 16.0 Å². The van der Waals surface area contributed by atoms with Gasteiger partial charge in [0.1, 0.15) is 29.8 Å². The van der Waals surface area contributed by atoms with Crippen LogP contribution >= 0.6 is 0 Å². The Morgan fingerprint density at radius 2 is 1.63 bits per heavy atom.